The first-order valence-electron chi connectivity index (χ1n) is 8.53. The summed E-state index contributed by atoms with van der Waals surface area (Å²) in [4.78, 5) is 0. The zero-order valence-corrected chi connectivity index (χ0v) is 14.4. The number of phenols is 2. The van der Waals surface area contributed by atoms with E-state index in [2.05, 4.69) is 0 Å². The van der Waals surface area contributed by atoms with Gasteiger partial charge in [-0.2, -0.15) is 0 Å². The highest BCUT2D eigenvalue weighted by molar-refractivity contribution is 5.42. The fraction of sp³-hybridized carbons (Fsp3) is 0.400. The number of ether oxygens (including phenoxy) is 2. The minimum absolute atomic E-state index is 0.200. The van der Waals surface area contributed by atoms with Crippen LogP contribution < -0.4 is 9.47 Å². The van der Waals surface area contributed by atoms with E-state index in [4.69, 9.17) is 9.47 Å². The first kappa shape index (κ1) is 18.0. The van der Waals surface area contributed by atoms with Gasteiger partial charge in [-0.3, -0.25) is 0 Å². The molecule has 0 fully saturated rings. The zero-order valence-electron chi connectivity index (χ0n) is 14.4. The third-order valence-electron chi connectivity index (χ3n) is 3.83. The lowest BCUT2D eigenvalue weighted by atomic mass is 10.0. The molecule has 0 aliphatic rings. The molecule has 2 rings (SSSR count). The molecular formula is C20H26O4. The summed E-state index contributed by atoms with van der Waals surface area (Å²) in [6.07, 6.45) is 3.84. The molecule has 0 spiro atoms. The molecule has 24 heavy (non-hydrogen) atoms. The summed E-state index contributed by atoms with van der Waals surface area (Å²) in [6.45, 7) is 4.88. The molecule has 130 valence electrons. The fourth-order valence-electron chi connectivity index (χ4n) is 2.65. The van der Waals surface area contributed by atoms with E-state index in [0.29, 0.717) is 24.7 Å². The van der Waals surface area contributed by atoms with Crippen molar-refractivity contribution in [3.8, 4) is 23.0 Å². The fourth-order valence-corrected chi connectivity index (χ4v) is 2.65. The predicted octanol–water partition coefficient (Wildman–Crippen LogP) is 4.46. The van der Waals surface area contributed by atoms with Gasteiger partial charge in [0.1, 0.15) is 0 Å². The van der Waals surface area contributed by atoms with E-state index in [-0.39, 0.29) is 11.5 Å². The maximum atomic E-state index is 9.89. The number of unbranched alkanes of at least 4 members (excludes halogenated alkanes) is 1. The number of aryl methyl sites for hydroxylation is 2. The molecule has 0 amide bonds. The van der Waals surface area contributed by atoms with Gasteiger partial charge in [0.25, 0.3) is 0 Å². The number of aromatic hydroxyl groups is 2. The van der Waals surface area contributed by atoms with E-state index < -0.39 is 0 Å². The van der Waals surface area contributed by atoms with Crippen molar-refractivity contribution in [3.05, 3.63) is 47.5 Å². The van der Waals surface area contributed by atoms with Crippen LogP contribution in [0.2, 0.25) is 0 Å². The summed E-state index contributed by atoms with van der Waals surface area (Å²) < 4.78 is 10.7. The first-order valence-corrected chi connectivity index (χ1v) is 8.53. The van der Waals surface area contributed by atoms with Crippen LogP contribution in [0.25, 0.3) is 0 Å². The monoisotopic (exact) mass is 330 g/mol. The largest absolute Gasteiger partial charge is 0.504 e. The van der Waals surface area contributed by atoms with Gasteiger partial charge < -0.3 is 19.7 Å². The molecule has 0 aliphatic heterocycles. The lowest BCUT2D eigenvalue weighted by molar-refractivity contribution is 0.318. The Hall–Kier alpha value is -2.36. The summed E-state index contributed by atoms with van der Waals surface area (Å²) in [5.74, 6) is 1.47. The molecule has 0 heterocycles. The third kappa shape index (κ3) is 5.08. The van der Waals surface area contributed by atoms with Crippen LogP contribution in [0.4, 0.5) is 0 Å². The van der Waals surface area contributed by atoms with Crippen LogP contribution in [-0.2, 0) is 12.8 Å². The summed E-state index contributed by atoms with van der Waals surface area (Å²) in [6, 6.07) is 11.2. The number of hydrogen-bond donors (Lipinski definition) is 2. The zero-order chi connectivity index (χ0) is 17.4. The maximum absolute atomic E-state index is 9.89. The second kappa shape index (κ2) is 9.06. The second-order valence-electron chi connectivity index (χ2n) is 5.68. The predicted molar refractivity (Wildman–Crippen MR) is 95.2 cm³/mol. The molecule has 4 nitrogen and oxygen atoms in total. The van der Waals surface area contributed by atoms with Crippen molar-refractivity contribution < 1.29 is 19.7 Å². The van der Waals surface area contributed by atoms with Gasteiger partial charge in [0.2, 0.25) is 0 Å². The Morgan fingerprint density at radius 2 is 1.12 bits per heavy atom. The SMILES string of the molecule is CCOc1ccc(CCCCc2ccc(OCC)c(O)c2)cc1O. The van der Waals surface area contributed by atoms with E-state index >= 15 is 0 Å². The van der Waals surface area contributed by atoms with Gasteiger partial charge in [0.15, 0.2) is 23.0 Å². The van der Waals surface area contributed by atoms with E-state index in [9.17, 15) is 10.2 Å². The highest BCUT2D eigenvalue weighted by atomic mass is 16.5. The molecule has 0 atom stereocenters. The molecule has 2 N–H and O–H groups in total. The van der Waals surface area contributed by atoms with Crippen LogP contribution in [-0.4, -0.2) is 23.4 Å². The normalized spacial score (nSPS) is 10.6. The average molecular weight is 330 g/mol. The highest BCUT2D eigenvalue weighted by Crippen LogP contribution is 2.29. The molecule has 2 aromatic carbocycles. The highest BCUT2D eigenvalue weighted by Gasteiger charge is 2.05. The van der Waals surface area contributed by atoms with E-state index in [1.807, 2.05) is 38.1 Å². The Labute approximate surface area is 143 Å². The minimum atomic E-state index is 0.200. The molecule has 0 aliphatic carbocycles. The number of benzene rings is 2. The van der Waals surface area contributed by atoms with Crippen molar-refractivity contribution in [1.82, 2.24) is 0 Å². The Bertz CT molecular complexity index is 595. The average Bonchev–Trinajstić information content (AvgIpc) is 2.56. The number of hydrogen-bond acceptors (Lipinski definition) is 4. The van der Waals surface area contributed by atoms with Crippen molar-refractivity contribution in [2.75, 3.05) is 13.2 Å². The van der Waals surface area contributed by atoms with E-state index in [1.54, 1.807) is 12.1 Å². The Kier molecular flexibility index (Phi) is 6.79. The van der Waals surface area contributed by atoms with Crippen LogP contribution in [0.3, 0.4) is 0 Å². The lowest BCUT2D eigenvalue weighted by Crippen LogP contribution is -1.94. The Balaban J connectivity index is 1.80. The van der Waals surface area contributed by atoms with Crippen molar-refractivity contribution in [1.29, 1.82) is 0 Å². The van der Waals surface area contributed by atoms with Crippen molar-refractivity contribution in [2.24, 2.45) is 0 Å². The van der Waals surface area contributed by atoms with Gasteiger partial charge in [-0.1, -0.05) is 12.1 Å². The summed E-state index contributed by atoms with van der Waals surface area (Å²) in [5, 5.41) is 19.8. The molecule has 0 bridgehead atoms. The summed E-state index contributed by atoms with van der Waals surface area (Å²) >= 11 is 0. The van der Waals surface area contributed by atoms with Crippen molar-refractivity contribution in [3.63, 3.8) is 0 Å². The Morgan fingerprint density at radius 1 is 0.708 bits per heavy atom. The smallest absolute Gasteiger partial charge is 0.160 e. The molecule has 4 heteroatoms. The van der Waals surface area contributed by atoms with Crippen molar-refractivity contribution in [2.45, 2.75) is 39.5 Å². The van der Waals surface area contributed by atoms with Crippen LogP contribution in [0, 0.1) is 0 Å². The number of phenolic OH excluding ortho intramolecular Hbond substituents is 2. The molecule has 0 aromatic heterocycles. The van der Waals surface area contributed by atoms with Crippen LogP contribution in [0.1, 0.15) is 37.8 Å². The summed E-state index contributed by atoms with van der Waals surface area (Å²) in [5.41, 5.74) is 2.20. The lowest BCUT2D eigenvalue weighted by Gasteiger charge is -2.09. The quantitative estimate of drug-likeness (QED) is 0.666. The molecule has 0 unspecified atom stereocenters. The van der Waals surface area contributed by atoms with Crippen molar-refractivity contribution >= 4 is 0 Å². The molecular weight excluding hydrogens is 304 g/mol. The van der Waals surface area contributed by atoms with Crippen LogP contribution >= 0.6 is 0 Å². The minimum Gasteiger partial charge on any atom is -0.504 e. The second-order valence-corrected chi connectivity index (χ2v) is 5.68. The third-order valence-corrected chi connectivity index (χ3v) is 3.83. The first-order chi connectivity index (χ1) is 11.6. The van der Waals surface area contributed by atoms with Crippen LogP contribution in [0.5, 0.6) is 23.0 Å². The van der Waals surface area contributed by atoms with E-state index in [0.717, 1.165) is 36.8 Å². The van der Waals surface area contributed by atoms with E-state index in [1.165, 1.54) is 0 Å². The standard InChI is InChI=1S/C20H26O4/c1-3-23-19-11-9-15(13-17(19)21)7-5-6-8-16-10-12-20(24-4-2)18(22)14-16/h9-14,21-22H,3-8H2,1-2H3. The van der Waals surface area contributed by atoms with Gasteiger partial charge in [-0.15, -0.1) is 0 Å². The van der Waals surface area contributed by atoms with Gasteiger partial charge in [0, 0.05) is 0 Å². The van der Waals surface area contributed by atoms with Crippen LogP contribution in [0.15, 0.2) is 36.4 Å². The van der Waals surface area contributed by atoms with Gasteiger partial charge in [0.05, 0.1) is 13.2 Å². The topological polar surface area (TPSA) is 58.9 Å². The van der Waals surface area contributed by atoms with Gasteiger partial charge in [-0.05, 0) is 74.9 Å². The van der Waals surface area contributed by atoms with Gasteiger partial charge in [-0.25, -0.2) is 0 Å². The molecule has 0 saturated carbocycles. The number of rotatable bonds is 9. The maximum Gasteiger partial charge on any atom is 0.160 e. The molecule has 0 saturated heterocycles. The summed E-state index contributed by atoms with van der Waals surface area (Å²) in [7, 11) is 0. The van der Waals surface area contributed by atoms with Gasteiger partial charge >= 0.3 is 0 Å². The Morgan fingerprint density at radius 3 is 1.46 bits per heavy atom. The molecule has 0 radical (unpaired) electrons. The molecule has 2 aromatic rings.